The molecule has 0 saturated heterocycles. The minimum atomic E-state index is -0.301. The molecular formula is C14H19NO4. The maximum atomic E-state index is 12.2. The lowest BCUT2D eigenvalue weighted by molar-refractivity contribution is 0.0720. The Hall–Kier alpha value is -1.75. The first-order valence-electron chi connectivity index (χ1n) is 6.36. The minimum Gasteiger partial charge on any atom is -0.507 e. The molecule has 1 amide bonds. The predicted octanol–water partition coefficient (Wildman–Crippen LogP) is 1.70. The molecule has 2 unspecified atom stereocenters. The average molecular weight is 265 g/mol. The lowest BCUT2D eigenvalue weighted by atomic mass is 10.1. The average Bonchev–Trinajstić information content (AvgIpc) is 2.86. The molecule has 0 aliphatic heterocycles. The van der Waals surface area contributed by atoms with Gasteiger partial charge in [0, 0.05) is 7.11 Å². The van der Waals surface area contributed by atoms with E-state index < -0.39 is 0 Å². The van der Waals surface area contributed by atoms with Gasteiger partial charge in [0.05, 0.1) is 24.8 Å². The Labute approximate surface area is 112 Å². The highest BCUT2D eigenvalue weighted by Crippen LogP contribution is 2.25. The summed E-state index contributed by atoms with van der Waals surface area (Å²) in [7, 11) is 3.17. The maximum Gasteiger partial charge on any atom is 0.255 e. The number of phenols is 1. The first-order chi connectivity index (χ1) is 9.15. The molecule has 104 valence electrons. The van der Waals surface area contributed by atoms with E-state index in [1.54, 1.807) is 13.2 Å². The van der Waals surface area contributed by atoms with Gasteiger partial charge in [-0.3, -0.25) is 4.79 Å². The van der Waals surface area contributed by atoms with Crippen molar-refractivity contribution in [2.24, 2.45) is 0 Å². The number of aromatic hydroxyl groups is 1. The van der Waals surface area contributed by atoms with Gasteiger partial charge in [0.2, 0.25) is 0 Å². The zero-order valence-corrected chi connectivity index (χ0v) is 11.2. The summed E-state index contributed by atoms with van der Waals surface area (Å²) in [6.07, 6.45) is 2.94. The normalized spacial score (nSPS) is 22.2. The maximum absolute atomic E-state index is 12.2. The molecule has 2 rings (SSSR count). The minimum absolute atomic E-state index is 0.00287. The second-order valence-corrected chi connectivity index (χ2v) is 4.67. The second-order valence-electron chi connectivity index (χ2n) is 4.67. The van der Waals surface area contributed by atoms with Crippen LogP contribution in [0.25, 0.3) is 0 Å². The van der Waals surface area contributed by atoms with Crippen molar-refractivity contribution in [3.63, 3.8) is 0 Å². The summed E-state index contributed by atoms with van der Waals surface area (Å²) < 4.78 is 10.4. The van der Waals surface area contributed by atoms with Crippen molar-refractivity contribution >= 4 is 5.91 Å². The molecule has 0 heterocycles. The molecule has 0 bridgehead atoms. The first-order valence-corrected chi connectivity index (χ1v) is 6.36. The van der Waals surface area contributed by atoms with Crippen LogP contribution in [0.2, 0.25) is 0 Å². The van der Waals surface area contributed by atoms with Gasteiger partial charge >= 0.3 is 0 Å². The standard InChI is InChI=1S/C14H19NO4/c1-18-9-6-7-12(16)10(8-9)14(17)15-11-4-3-5-13(11)19-2/h6-8,11,13,16H,3-5H2,1-2H3,(H,15,17). The number of hydrogen-bond acceptors (Lipinski definition) is 4. The number of phenolic OH excluding ortho intramolecular Hbond substituents is 1. The summed E-state index contributed by atoms with van der Waals surface area (Å²) in [5.74, 6) is 0.188. The highest BCUT2D eigenvalue weighted by Gasteiger charge is 2.29. The number of benzene rings is 1. The van der Waals surface area contributed by atoms with Crippen LogP contribution in [-0.4, -0.2) is 37.4 Å². The van der Waals surface area contributed by atoms with Gasteiger partial charge in [0.15, 0.2) is 0 Å². The van der Waals surface area contributed by atoms with Crippen molar-refractivity contribution in [1.82, 2.24) is 5.32 Å². The van der Waals surface area contributed by atoms with Crippen LogP contribution in [0.1, 0.15) is 29.6 Å². The van der Waals surface area contributed by atoms with E-state index in [1.165, 1.54) is 19.2 Å². The summed E-state index contributed by atoms with van der Waals surface area (Å²) >= 11 is 0. The van der Waals surface area contributed by atoms with Crippen molar-refractivity contribution in [1.29, 1.82) is 0 Å². The molecule has 0 radical (unpaired) electrons. The quantitative estimate of drug-likeness (QED) is 0.869. The van der Waals surface area contributed by atoms with Crippen LogP contribution in [-0.2, 0) is 4.74 Å². The molecule has 1 aliphatic rings. The summed E-state index contributed by atoms with van der Waals surface area (Å²) in [6, 6.07) is 4.60. The van der Waals surface area contributed by atoms with Crippen molar-refractivity contribution < 1.29 is 19.4 Å². The predicted molar refractivity (Wildman–Crippen MR) is 70.6 cm³/mol. The number of methoxy groups -OCH3 is 2. The molecule has 1 aliphatic carbocycles. The fraction of sp³-hybridized carbons (Fsp3) is 0.500. The van der Waals surface area contributed by atoms with Crippen LogP contribution < -0.4 is 10.1 Å². The number of rotatable bonds is 4. The summed E-state index contributed by atoms with van der Waals surface area (Å²) in [6.45, 7) is 0. The Kier molecular flexibility index (Phi) is 4.27. The SMILES string of the molecule is COc1ccc(O)c(C(=O)NC2CCCC2OC)c1. The molecule has 2 atom stereocenters. The van der Waals surface area contributed by atoms with Crippen LogP contribution in [0.4, 0.5) is 0 Å². The lowest BCUT2D eigenvalue weighted by Crippen LogP contribution is -2.40. The molecule has 5 nitrogen and oxygen atoms in total. The smallest absolute Gasteiger partial charge is 0.255 e. The number of hydrogen-bond donors (Lipinski definition) is 2. The molecule has 1 saturated carbocycles. The lowest BCUT2D eigenvalue weighted by Gasteiger charge is -2.20. The van der Waals surface area contributed by atoms with Gasteiger partial charge in [0.25, 0.3) is 5.91 Å². The highest BCUT2D eigenvalue weighted by molar-refractivity contribution is 5.97. The van der Waals surface area contributed by atoms with Crippen molar-refractivity contribution in [3.05, 3.63) is 23.8 Å². The molecule has 1 fully saturated rings. The van der Waals surface area contributed by atoms with E-state index in [4.69, 9.17) is 9.47 Å². The van der Waals surface area contributed by atoms with Crippen molar-refractivity contribution in [2.75, 3.05) is 14.2 Å². The molecular weight excluding hydrogens is 246 g/mol. The third-order valence-corrected chi connectivity index (χ3v) is 3.52. The van der Waals surface area contributed by atoms with Crippen molar-refractivity contribution in [3.8, 4) is 11.5 Å². The molecule has 19 heavy (non-hydrogen) atoms. The Bertz CT molecular complexity index is 461. The fourth-order valence-corrected chi connectivity index (χ4v) is 2.44. The number of nitrogens with one attached hydrogen (secondary N) is 1. The Morgan fingerprint density at radius 3 is 2.84 bits per heavy atom. The molecule has 0 aromatic heterocycles. The van der Waals surface area contributed by atoms with Crippen LogP contribution in [0.15, 0.2) is 18.2 Å². The molecule has 2 N–H and O–H groups in total. The van der Waals surface area contributed by atoms with Gasteiger partial charge in [-0.2, -0.15) is 0 Å². The second kappa shape index (κ2) is 5.93. The van der Waals surface area contributed by atoms with Gasteiger partial charge in [-0.05, 0) is 37.5 Å². The van der Waals surface area contributed by atoms with E-state index in [0.717, 1.165) is 19.3 Å². The van der Waals surface area contributed by atoms with E-state index in [1.807, 2.05) is 0 Å². The molecule has 5 heteroatoms. The first kappa shape index (κ1) is 13.7. The Morgan fingerprint density at radius 2 is 2.16 bits per heavy atom. The topological polar surface area (TPSA) is 67.8 Å². The molecule has 0 spiro atoms. The Balaban J connectivity index is 2.11. The summed E-state index contributed by atoms with van der Waals surface area (Å²) in [4.78, 5) is 12.2. The van der Waals surface area contributed by atoms with Gasteiger partial charge in [-0.15, -0.1) is 0 Å². The number of carbonyl (C=O) groups excluding carboxylic acids is 1. The van der Waals surface area contributed by atoms with E-state index in [9.17, 15) is 9.90 Å². The van der Waals surface area contributed by atoms with Crippen LogP contribution in [0.5, 0.6) is 11.5 Å². The van der Waals surface area contributed by atoms with E-state index in [-0.39, 0.29) is 29.4 Å². The van der Waals surface area contributed by atoms with Crippen LogP contribution in [0, 0.1) is 0 Å². The summed E-state index contributed by atoms with van der Waals surface area (Å²) in [5, 5.41) is 12.7. The zero-order chi connectivity index (χ0) is 13.8. The Morgan fingerprint density at radius 1 is 1.37 bits per heavy atom. The monoisotopic (exact) mass is 265 g/mol. The fourth-order valence-electron chi connectivity index (χ4n) is 2.44. The molecule has 1 aromatic rings. The highest BCUT2D eigenvalue weighted by atomic mass is 16.5. The van der Waals surface area contributed by atoms with Gasteiger partial charge < -0.3 is 19.9 Å². The van der Waals surface area contributed by atoms with Gasteiger partial charge in [-0.25, -0.2) is 0 Å². The van der Waals surface area contributed by atoms with Gasteiger partial charge in [-0.1, -0.05) is 0 Å². The van der Waals surface area contributed by atoms with E-state index >= 15 is 0 Å². The van der Waals surface area contributed by atoms with Gasteiger partial charge in [0.1, 0.15) is 11.5 Å². The largest absolute Gasteiger partial charge is 0.507 e. The summed E-state index contributed by atoms with van der Waals surface area (Å²) in [5.41, 5.74) is 0.223. The number of ether oxygens (including phenoxy) is 2. The number of carbonyl (C=O) groups is 1. The van der Waals surface area contributed by atoms with Crippen LogP contribution in [0.3, 0.4) is 0 Å². The van der Waals surface area contributed by atoms with E-state index in [2.05, 4.69) is 5.32 Å². The van der Waals surface area contributed by atoms with Crippen molar-refractivity contribution in [2.45, 2.75) is 31.4 Å². The third-order valence-electron chi connectivity index (χ3n) is 3.52. The van der Waals surface area contributed by atoms with Crippen LogP contribution >= 0.6 is 0 Å². The molecule has 1 aromatic carbocycles. The number of amides is 1. The van der Waals surface area contributed by atoms with E-state index in [0.29, 0.717) is 5.75 Å². The zero-order valence-electron chi connectivity index (χ0n) is 11.2. The third kappa shape index (κ3) is 2.98.